The highest BCUT2D eigenvalue weighted by Gasteiger charge is 2.28. The summed E-state index contributed by atoms with van der Waals surface area (Å²) in [6.45, 7) is 16.7. The second-order valence-electron chi connectivity index (χ2n) is 10.7. The number of ketones is 1. The standard InChI is InChI=1S/C28H34ClN3O3S/c1-8-13-32-24(16-35-20-11-9-19(29)10-12-20)30-31-26(32)36-17-23(33)18-14-21(27(2,3)4)25(34)22(15-18)28(5,6)7/h8-12,14-15,34H,1,13,16-17H2,2-7H3. The van der Waals surface area contributed by atoms with Crippen molar-refractivity contribution in [1.82, 2.24) is 14.8 Å². The molecular formula is C28H34ClN3O3S. The number of phenolic OH excluding ortho intramolecular Hbond substituents is 1. The van der Waals surface area contributed by atoms with Crippen molar-refractivity contribution in [1.29, 1.82) is 0 Å². The minimum atomic E-state index is -0.309. The molecule has 1 N–H and O–H groups in total. The Balaban J connectivity index is 1.80. The number of thioether (sulfide) groups is 1. The molecule has 0 aliphatic rings. The number of ether oxygens (including phenoxy) is 1. The van der Waals surface area contributed by atoms with Crippen LogP contribution in [-0.4, -0.2) is 31.4 Å². The zero-order chi connectivity index (χ0) is 26.7. The van der Waals surface area contributed by atoms with E-state index in [9.17, 15) is 9.90 Å². The monoisotopic (exact) mass is 527 g/mol. The van der Waals surface area contributed by atoms with E-state index >= 15 is 0 Å². The van der Waals surface area contributed by atoms with Crippen molar-refractivity contribution in [3.8, 4) is 11.5 Å². The Morgan fingerprint density at radius 3 is 2.19 bits per heavy atom. The molecular weight excluding hydrogens is 494 g/mol. The van der Waals surface area contributed by atoms with Gasteiger partial charge in [0.15, 0.2) is 16.8 Å². The van der Waals surface area contributed by atoms with Crippen LogP contribution in [-0.2, 0) is 24.0 Å². The fraction of sp³-hybridized carbons (Fsp3) is 0.393. The van der Waals surface area contributed by atoms with Gasteiger partial charge in [-0.1, -0.05) is 71.0 Å². The third-order valence-corrected chi connectivity index (χ3v) is 6.89. The lowest BCUT2D eigenvalue weighted by atomic mass is 9.78. The van der Waals surface area contributed by atoms with Crippen molar-refractivity contribution in [2.45, 2.75) is 70.7 Å². The second-order valence-corrected chi connectivity index (χ2v) is 12.1. The van der Waals surface area contributed by atoms with E-state index < -0.39 is 0 Å². The van der Waals surface area contributed by atoms with Gasteiger partial charge < -0.3 is 9.84 Å². The van der Waals surface area contributed by atoms with Gasteiger partial charge in [-0.2, -0.15) is 0 Å². The smallest absolute Gasteiger partial charge is 0.192 e. The van der Waals surface area contributed by atoms with Gasteiger partial charge in [0.25, 0.3) is 0 Å². The fourth-order valence-electron chi connectivity index (χ4n) is 3.68. The molecule has 0 atom stereocenters. The zero-order valence-electron chi connectivity index (χ0n) is 21.8. The third-order valence-electron chi connectivity index (χ3n) is 5.67. The molecule has 0 fully saturated rings. The SMILES string of the molecule is C=CCn1c(COc2ccc(Cl)cc2)nnc1SCC(=O)c1cc(C(C)(C)C)c(O)c(C(C)(C)C)c1. The molecule has 36 heavy (non-hydrogen) atoms. The van der Waals surface area contributed by atoms with Crippen molar-refractivity contribution in [2.75, 3.05) is 5.75 Å². The number of aromatic nitrogens is 3. The molecule has 3 aromatic rings. The van der Waals surface area contributed by atoms with Gasteiger partial charge in [0, 0.05) is 28.3 Å². The summed E-state index contributed by atoms with van der Waals surface area (Å²) in [6, 6.07) is 10.7. The second kappa shape index (κ2) is 11.1. The number of benzene rings is 2. The number of carbonyl (C=O) groups excluding carboxylic acids is 1. The van der Waals surface area contributed by atoms with Crippen LogP contribution in [0.3, 0.4) is 0 Å². The van der Waals surface area contributed by atoms with Gasteiger partial charge in [0.2, 0.25) is 0 Å². The van der Waals surface area contributed by atoms with Crippen molar-refractivity contribution < 1.29 is 14.6 Å². The predicted molar refractivity (Wildman–Crippen MR) is 147 cm³/mol. The summed E-state index contributed by atoms with van der Waals surface area (Å²) >= 11 is 7.26. The van der Waals surface area contributed by atoms with Crippen LogP contribution in [0, 0.1) is 0 Å². The summed E-state index contributed by atoms with van der Waals surface area (Å²) in [4.78, 5) is 13.3. The van der Waals surface area contributed by atoms with Crippen LogP contribution in [0.5, 0.6) is 11.5 Å². The average Bonchev–Trinajstić information content (AvgIpc) is 3.17. The number of nitrogens with zero attached hydrogens (tertiary/aromatic N) is 3. The molecule has 0 spiro atoms. The third kappa shape index (κ3) is 6.71. The summed E-state index contributed by atoms with van der Waals surface area (Å²) < 4.78 is 7.72. The van der Waals surface area contributed by atoms with E-state index in [1.165, 1.54) is 11.8 Å². The number of aromatic hydroxyl groups is 1. The molecule has 0 amide bonds. The molecule has 2 aromatic carbocycles. The Bertz CT molecular complexity index is 1200. The molecule has 1 aromatic heterocycles. The Morgan fingerprint density at radius 1 is 1.08 bits per heavy atom. The first kappa shape index (κ1) is 27.8. The number of hydrogen-bond acceptors (Lipinski definition) is 6. The van der Waals surface area contributed by atoms with Crippen molar-refractivity contribution >= 4 is 29.1 Å². The molecule has 3 rings (SSSR count). The topological polar surface area (TPSA) is 77.2 Å². The van der Waals surface area contributed by atoms with E-state index in [2.05, 4.69) is 16.8 Å². The highest BCUT2D eigenvalue weighted by atomic mass is 35.5. The highest BCUT2D eigenvalue weighted by Crippen LogP contribution is 2.40. The number of Topliss-reactive ketones (excluding diaryl/α,β-unsaturated/α-hetero) is 1. The van der Waals surface area contributed by atoms with E-state index in [0.29, 0.717) is 33.9 Å². The number of phenols is 1. The Labute approximate surface area is 222 Å². The van der Waals surface area contributed by atoms with Crippen LogP contribution in [0.4, 0.5) is 0 Å². The highest BCUT2D eigenvalue weighted by molar-refractivity contribution is 7.99. The predicted octanol–water partition coefficient (Wildman–Crippen LogP) is 6.97. The first-order valence-corrected chi connectivity index (χ1v) is 13.1. The molecule has 0 radical (unpaired) electrons. The molecule has 0 bridgehead atoms. The van der Waals surface area contributed by atoms with Crippen LogP contribution < -0.4 is 4.74 Å². The van der Waals surface area contributed by atoms with Gasteiger partial charge in [0.1, 0.15) is 18.1 Å². The number of allylic oxidation sites excluding steroid dienone is 1. The summed E-state index contributed by atoms with van der Waals surface area (Å²) in [7, 11) is 0. The van der Waals surface area contributed by atoms with E-state index in [0.717, 1.165) is 11.1 Å². The van der Waals surface area contributed by atoms with Gasteiger partial charge >= 0.3 is 0 Å². The number of hydrogen-bond donors (Lipinski definition) is 1. The lowest BCUT2D eigenvalue weighted by Crippen LogP contribution is -2.19. The Hall–Kier alpha value is -2.77. The van der Waals surface area contributed by atoms with Crippen molar-refractivity contribution in [3.63, 3.8) is 0 Å². The Morgan fingerprint density at radius 2 is 1.67 bits per heavy atom. The van der Waals surface area contributed by atoms with Gasteiger partial charge in [0.05, 0.1) is 5.75 Å². The fourth-order valence-corrected chi connectivity index (χ4v) is 4.66. The van der Waals surface area contributed by atoms with Crippen molar-refractivity contribution in [3.05, 3.63) is 76.6 Å². The van der Waals surface area contributed by atoms with E-state index in [4.69, 9.17) is 16.3 Å². The van der Waals surface area contributed by atoms with Crippen LogP contribution in [0.2, 0.25) is 5.02 Å². The molecule has 192 valence electrons. The van der Waals surface area contributed by atoms with Gasteiger partial charge in [-0.05, 0) is 47.2 Å². The molecule has 1 heterocycles. The molecule has 0 aliphatic heterocycles. The molecule has 0 unspecified atom stereocenters. The lowest BCUT2D eigenvalue weighted by Gasteiger charge is -2.28. The maximum atomic E-state index is 13.3. The molecule has 8 heteroatoms. The zero-order valence-corrected chi connectivity index (χ0v) is 23.3. The van der Waals surface area contributed by atoms with Crippen LogP contribution in [0.1, 0.15) is 68.9 Å². The quantitative estimate of drug-likeness (QED) is 0.184. The molecule has 0 aliphatic carbocycles. The average molecular weight is 528 g/mol. The van der Waals surface area contributed by atoms with Gasteiger partial charge in [-0.25, -0.2) is 0 Å². The molecule has 0 saturated heterocycles. The summed E-state index contributed by atoms with van der Waals surface area (Å²) in [5, 5.41) is 20.8. The van der Waals surface area contributed by atoms with Crippen LogP contribution in [0.25, 0.3) is 0 Å². The summed E-state index contributed by atoms with van der Waals surface area (Å²) in [6.07, 6.45) is 1.76. The number of halogens is 1. The largest absolute Gasteiger partial charge is 0.507 e. The minimum absolute atomic E-state index is 0.0388. The van der Waals surface area contributed by atoms with E-state index in [-0.39, 0.29) is 34.7 Å². The normalized spacial score (nSPS) is 12.0. The Kier molecular flexibility index (Phi) is 8.57. The summed E-state index contributed by atoms with van der Waals surface area (Å²) in [5.74, 6) is 1.71. The first-order valence-electron chi connectivity index (χ1n) is 11.8. The first-order chi connectivity index (χ1) is 16.8. The lowest BCUT2D eigenvalue weighted by molar-refractivity contribution is 0.102. The maximum absolute atomic E-state index is 13.3. The van der Waals surface area contributed by atoms with E-state index in [1.807, 2.05) is 58.2 Å². The van der Waals surface area contributed by atoms with Gasteiger partial charge in [-0.15, -0.1) is 16.8 Å². The minimum Gasteiger partial charge on any atom is -0.507 e. The van der Waals surface area contributed by atoms with Crippen LogP contribution in [0.15, 0.2) is 54.2 Å². The van der Waals surface area contributed by atoms with Crippen molar-refractivity contribution in [2.24, 2.45) is 0 Å². The molecule has 0 saturated carbocycles. The van der Waals surface area contributed by atoms with Crippen LogP contribution >= 0.6 is 23.4 Å². The van der Waals surface area contributed by atoms with Gasteiger partial charge in [-0.3, -0.25) is 9.36 Å². The number of carbonyl (C=O) groups is 1. The molecule has 6 nitrogen and oxygen atoms in total. The summed E-state index contributed by atoms with van der Waals surface area (Å²) in [5.41, 5.74) is 1.49. The van der Waals surface area contributed by atoms with E-state index in [1.54, 1.807) is 30.3 Å². The number of rotatable bonds is 9. The maximum Gasteiger partial charge on any atom is 0.192 e.